The third-order valence-corrected chi connectivity index (χ3v) is 2.46. The van der Waals surface area contributed by atoms with E-state index in [1.165, 1.54) is 5.56 Å². The first-order valence-electron chi connectivity index (χ1n) is 4.83. The third-order valence-electron chi connectivity index (χ3n) is 2.10. The summed E-state index contributed by atoms with van der Waals surface area (Å²) in [5, 5.41) is 12.5. The molecule has 3 heteroatoms. The first kappa shape index (κ1) is 11.3. The molecular formula is C11H16ClNO. The highest BCUT2D eigenvalue weighted by Crippen LogP contribution is 2.15. The summed E-state index contributed by atoms with van der Waals surface area (Å²) >= 11 is 5.50. The predicted molar refractivity (Wildman–Crippen MR) is 61.0 cm³/mol. The van der Waals surface area contributed by atoms with Gasteiger partial charge in [0.2, 0.25) is 0 Å². The maximum atomic E-state index is 9.29. The normalized spacial score (nSPS) is 12.5. The molecule has 0 heterocycles. The molecule has 1 unspecified atom stereocenters. The van der Waals surface area contributed by atoms with Crippen LogP contribution in [-0.2, 0) is 6.42 Å². The van der Waals surface area contributed by atoms with Crippen LogP contribution in [0.3, 0.4) is 0 Å². The summed E-state index contributed by atoms with van der Waals surface area (Å²) in [5.74, 6) is 0.265. The Hall–Kier alpha value is -0.730. The maximum Gasteiger partial charge on any atom is 0.0847 e. The van der Waals surface area contributed by atoms with Crippen LogP contribution in [0.5, 0.6) is 0 Å². The molecule has 0 aromatic heterocycles. The lowest BCUT2D eigenvalue weighted by molar-refractivity contribution is 0.211. The van der Waals surface area contributed by atoms with Crippen molar-refractivity contribution in [2.24, 2.45) is 0 Å². The molecule has 0 saturated carbocycles. The molecule has 0 saturated heterocycles. The Kier molecular flexibility index (Phi) is 4.77. The quantitative estimate of drug-likeness (QED) is 0.736. The SMILES string of the molecule is CCc1ccccc1NCC(O)CCl. The van der Waals surface area contributed by atoms with Gasteiger partial charge in [-0.1, -0.05) is 25.1 Å². The van der Waals surface area contributed by atoms with Gasteiger partial charge in [0, 0.05) is 12.2 Å². The van der Waals surface area contributed by atoms with Crippen molar-refractivity contribution >= 4 is 17.3 Å². The van der Waals surface area contributed by atoms with Crippen LogP contribution in [-0.4, -0.2) is 23.6 Å². The second kappa shape index (κ2) is 5.89. The molecule has 1 rings (SSSR count). The molecule has 2 nitrogen and oxygen atoms in total. The molecule has 0 spiro atoms. The van der Waals surface area contributed by atoms with Gasteiger partial charge in [0.05, 0.1) is 12.0 Å². The molecule has 78 valence electrons. The number of alkyl halides is 1. The average molecular weight is 214 g/mol. The van der Waals surface area contributed by atoms with Gasteiger partial charge in [-0.2, -0.15) is 0 Å². The highest BCUT2D eigenvalue weighted by atomic mass is 35.5. The summed E-state index contributed by atoms with van der Waals surface area (Å²) in [6.07, 6.45) is 0.502. The van der Waals surface area contributed by atoms with Crippen molar-refractivity contribution < 1.29 is 5.11 Å². The fourth-order valence-electron chi connectivity index (χ4n) is 1.28. The van der Waals surface area contributed by atoms with Crippen LogP contribution in [0.1, 0.15) is 12.5 Å². The lowest BCUT2D eigenvalue weighted by Gasteiger charge is -2.12. The monoisotopic (exact) mass is 213 g/mol. The van der Waals surface area contributed by atoms with E-state index in [0.717, 1.165) is 12.1 Å². The van der Waals surface area contributed by atoms with Gasteiger partial charge in [-0.3, -0.25) is 0 Å². The Morgan fingerprint density at radius 1 is 1.43 bits per heavy atom. The van der Waals surface area contributed by atoms with Gasteiger partial charge in [0.15, 0.2) is 0 Å². The van der Waals surface area contributed by atoms with E-state index in [9.17, 15) is 5.11 Å². The molecule has 14 heavy (non-hydrogen) atoms. The molecule has 1 aromatic rings. The Bertz CT molecular complexity index is 278. The molecule has 0 aliphatic heterocycles. The third kappa shape index (κ3) is 3.20. The summed E-state index contributed by atoms with van der Waals surface area (Å²) in [4.78, 5) is 0. The van der Waals surface area contributed by atoms with Gasteiger partial charge in [0.1, 0.15) is 0 Å². The first-order chi connectivity index (χ1) is 6.77. The van der Waals surface area contributed by atoms with Crippen molar-refractivity contribution in [2.75, 3.05) is 17.7 Å². The highest BCUT2D eigenvalue weighted by molar-refractivity contribution is 6.18. The Morgan fingerprint density at radius 3 is 2.79 bits per heavy atom. The number of nitrogens with one attached hydrogen (secondary N) is 1. The molecule has 1 atom stereocenters. The zero-order valence-electron chi connectivity index (χ0n) is 8.33. The van der Waals surface area contributed by atoms with E-state index in [2.05, 4.69) is 18.3 Å². The topological polar surface area (TPSA) is 32.3 Å². The number of hydrogen-bond donors (Lipinski definition) is 2. The first-order valence-corrected chi connectivity index (χ1v) is 5.37. The fourth-order valence-corrected chi connectivity index (χ4v) is 1.39. The molecular weight excluding hydrogens is 198 g/mol. The van der Waals surface area contributed by atoms with E-state index in [-0.39, 0.29) is 5.88 Å². The second-order valence-corrected chi connectivity index (χ2v) is 3.51. The summed E-state index contributed by atoms with van der Waals surface area (Å²) in [7, 11) is 0. The van der Waals surface area contributed by atoms with Crippen LogP contribution < -0.4 is 5.32 Å². The number of aliphatic hydroxyl groups excluding tert-OH is 1. The Balaban J connectivity index is 2.57. The van der Waals surface area contributed by atoms with Crippen molar-refractivity contribution in [2.45, 2.75) is 19.4 Å². The van der Waals surface area contributed by atoms with Crippen molar-refractivity contribution in [1.82, 2.24) is 0 Å². The standard InChI is InChI=1S/C11H16ClNO/c1-2-9-5-3-4-6-11(9)13-8-10(14)7-12/h3-6,10,13-14H,2,7-8H2,1H3. The van der Waals surface area contributed by atoms with Crippen LogP contribution >= 0.6 is 11.6 Å². The summed E-state index contributed by atoms with van der Waals surface area (Å²) in [5.41, 5.74) is 2.34. The smallest absolute Gasteiger partial charge is 0.0847 e. The van der Waals surface area contributed by atoms with Gasteiger partial charge in [0.25, 0.3) is 0 Å². The largest absolute Gasteiger partial charge is 0.390 e. The molecule has 1 aromatic carbocycles. The number of hydrogen-bond acceptors (Lipinski definition) is 2. The van der Waals surface area contributed by atoms with Crippen molar-refractivity contribution in [3.05, 3.63) is 29.8 Å². The van der Waals surface area contributed by atoms with E-state index in [0.29, 0.717) is 6.54 Å². The highest BCUT2D eigenvalue weighted by Gasteiger charge is 2.03. The van der Waals surface area contributed by atoms with E-state index < -0.39 is 6.10 Å². The Morgan fingerprint density at radius 2 is 2.14 bits per heavy atom. The molecule has 0 aliphatic carbocycles. The zero-order valence-corrected chi connectivity index (χ0v) is 9.09. The molecule has 0 amide bonds. The van der Waals surface area contributed by atoms with Gasteiger partial charge in [-0.25, -0.2) is 0 Å². The van der Waals surface area contributed by atoms with Gasteiger partial charge < -0.3 is 10.4 Å². The van der Waals surface area contributed by atoms with Crippen molar-refractivity contribution in [3.8, 4) is 0 Å². The minimum Gasteiger partial charge on any atom is -0.390 e. The van der Waals surface area contributed by atoms with Crippen LogP contribution in [0.2, 0.25) is 0 Å². The predicted octanol–water partition coefficient (Wildman–Crippen LogP) is 2.26. The van der Waals surface area contributed by atoms with Crippen LogP contribution in [0.15, 0.2) is 24.3 Å². The second-order valence-electron chi connectivity index (χ2n) is 3.20. The van der Waals surface area contributed by atoms with Crippen LogP contribution in [0, 0.1) is 0 Å². The summed E-state index contributed by atoms with van der Waals surface area (Å²) in [6, 6.07) is 8.09. The molecule has 0 aliphatic rings. The summed E-state index contributed by atoms with van der Waals surface area (Å²) < 4.78 is 0. The van der Waals surface area contributed by atoms with Crippen molar-refractivity contribution in [3.63, 3.8) is 0 Å². The zero-order chi connectivity index (χ0) is 10.4. The number of para-hydroxylation sites is 1. The minimum absolute atomic E-state index is 0.265. The van der Waals surface area contributed by atoms with E-state index in [4.69, 9.17) is 11.6 Å². The van der Waals surface area contributed by atoms with Gasteiger partial charge in [-0.15, -0.1) is 11.6 Å². The fraction of sp³-hybridized carbons (Fsp3) is 0.455. The van der Waals surface area contributed by atoms with Crippen LogP contribution in [0.25, 0.3) is 0 Å². The number of anilines is 1. The average Bonchev–Trinajstić information content (AvgIpc) is 2.26. The number of benzene rings is 1. The number of rotatable bonds is 5. The van der Waals surface area contributed by atoms with Gasteiger partial charge >= 0.3 is 0 Å². The number of aliphatic hydroxyl groups is 1. The molecule has 0 radical (unpaired) electrons. The lowest BCUT2D eigenvalue weighted by Crippen LogP contribution is -2.21. The number of aryl methyl sites for hydroxylation is 1. The van der Waals surface area contributed by atoms with E-state index in [1.807, 2.05) is 18.2 Å². The Labute approximate surface area is 89.9 Å². The molecule has 2 N–H and O–H groups in total. The lowest BCUT2D eigenvalue weighted by atomic mass is 10.1. The van der Waals surface area contributed by atoms with Crippen LogP contribution in [0.4, 0.5) is 5.69 Å². The molecule has 0 fully saturated rings. The van der Waals surface area contributed by atoms with Crippen molar-refractivity contribution in [1.29, 1.82) is 0 Å². The number of halogens is 1. The minimum atomic E-state index is -0.485. The molecule has 0 bridgehead atoms. The van der Waals surface area contributed by atoms with Gasteiger partial charge in [-0.05, 0) is 18.1 Å². The van der Waals surface area contributed by atoms with E-state index in [1.54, 1.807) is 0 Å². The van der Waals surface area contributed by atoms with E-state index >= 15 is 0 Å². The maximum absolute atomic E-state index is 9.29. The summed E-state index contributed by atoms with van der Waals surface area (Å²) in [6.45, 7) is 2.61.